The van der Waals surface area contributed by atoms with E-state index in [0.29, 0.717) is 22.5 Å². The molecule has 3 N–H and O–H groups in total. The zero-order valence-corrected chi connectivity index (χ0v) is 15.8. The molecule has 27 heavy (non-hydrogen) atoms. The first-order valence-corrected chi connectivity index (χ1v) is 9.91. The topological polar surface area (TPSA) is 82.7 Å². The number of hydrogen-bond donors (Lipinski definition) is 3. The summed E-state index contributed by atoms with van der Waals surface area (Å²) < 4.78 is 0. The second-order valence-electron chi connectivity index (χ2n) is 6.53. The summed E-state index contributed by atoms with van der Waals surface area (Å²) in [6, 6.07) is 16.7. The highest BCUT2D eigenvalue weighted by Gasteiger charge is 2.16. The smallest absolute Gasteiger partial charge is 0.208 e. The molecule has 2 aromatic carbocycles. The number of rotatable bonds is 6. The third kappa shape index (κ3) is 4.27. The number of nitrogens with one attached hydrogen (secondary N) is 3. The molecular formula is C20H21N5OS. The molecule has 2 heterocycles. The molecule has 0 aliphatic carbocycles. The lowest BCUT2D eigenvalue weighted by molar-refractivity contribution is 0.102. The molecule has 1 atom stereocenters. The van der Waals surface area contributed by atoms with Crippen molar-refractivity contribution in [1.29, 1.82) is 0 Å². The first-order chi connectivity index (χ1) is 13.2. The van der Waals surface area contributed by atoms with Gasteiger partial charge in [0, 0.05) is 18.2 Å². The number of Topliss-reactive ketones (excluding diaryl/α,β-unsaturated/α-hetero) is 1. The zero-order valence-electron chi connectivity index (χ0n) is 15.0. The molecule has 1 aliphatic heterocycles. The molecule has 1 saturated heterocycles. The number of thioether (sulfide) groups is 1. The molecule has 0 amide bonds. The standard InChI is InChI=1S/C20H21N5OS/c1-13-22-20(25-23-13)27-12-19(26)15-7-5-14(6-8-15)16-3-2-4-17(11-16)18-9-10-21-24-18/h2-8,11,18,21,24H,9-10,12H2,1H3,(H,22,23,25). The number of ketones is 1. The summed E-state index contributed by atoms with van der Waals surface area (Å²) in [5, 5.41) is 7.42. The van der Waals surface area contributed by atoms with Gasteiger partial charge >= 0.3 is 0 Å². The van der Waals surface area contributed by atoms with Crippen molar-refractivity contribution in [2.45, 2.75) is 24.5 Å². The van der Waals surface area contributed by atoms with Crippen molar-refractivity contribution in [2.75, 3.05) is 12.3 Å². The first-order valence-electron chi connectivity index (χ1n) is 8.93. The maximum atomic E-state index is 12.4. The fraction of sp³-hybridized carbons (Fsp3) is 0.250. The Hall–Kier alpha value is -2.48. The summed E-state index contributed by atoms with van der Waals surface area (Å²) in [5.74, 6) is 1.15. The van der Waals surface area contributed by atoms with Gasteiger partial charge in [0.1, 0.15) is 5.82 Å². The molecule has 3 aromatic rings. The van der Waals surface area contributed by atoms with Crippen molar-refractivity contribution in [3.05, 3.63) is 65.5 Å². The molecule has 0 bridgehead atoms. The first kappa shape index (κ1) is 17.9. The Morgan fingerprint density at radius 3 is 2.74 bits per heavy atom. The van der Waals surface area contributed by atoms with Gasteiger partial charge in [0.15, 0.2) is 5.78 Å². The lowest BCUT2D eigenvalue weighted by atomic mass is 9.98. The third-order valence-electron chi connectivity index (χ3n) is 4.57. The van der Waals surface area contributed by atoms with Gasteiger partial charge in [0.25, 0.3) is 0 Å². The van der Waals surface area contributed by atoms with Gasteiger partial charge in [0.2, 0.25) is 5.16 Å². The minimum Gasteiger partial charge on any atom is -0.293 e. The molecule has 1 fully saturated rings. The summed E-state index contributed by atoms with van der Waals surface area (Å²) in [5.41, 5.74) is 10.7. The van der Waals surface area contributed by atoms with Crippen LogP contribution in [0.2, 0.25) is 0 Å². The molecule has 7 heteroatoms. The molecule has 1 aromatic heterocycles. The number of nitrogens with zero attached hydrogens (tertiary/aromatic N) is 2. The van der Waals surface area contributed by atoms with Crippen LogP contribution in [0.1, 0.15) is 34.2 Å². The van der Waals surface area contributed by atoms with E-state index in [1.807, 2.05) is 31.2 Å². The van der Waals surface area contributed by atoms with Crippen LogP contribution >= 0.6 is 11.8 Å². The fourth-order valence-corrected chi connectivity index (χ4v) is 3.86. The predicted molar refractivity (Wildman–Crippen MR) is 107 cm³/mol. The van der Waals surface area contributed by atoms with Crippen molar-refractivity contribution in [3.63, 3.8) is 0 Å². The monoisotopic (exact) mass is 379 g/mol. The van der Waals surface area contributed by atoms with Crippen LogP contribution < -0.4 is 10.9 Å². The normalized spacial score (nSPS) is 16.6. The van der Waals surface area contributed by atoms with E-state index in [1.165, 1.54) is 17.3 Å². The van der Waals surface area contributed by atoms with Gasteiger partial charge in [-0.05, 0) is 36.1 Å². The maximum Gasteiger partial charge on any atom is 0.208 e. The number of hydrogen-bond acceptors (Lipinski definition) is 6. The van der Waals surface area contributed by atoms with Gasteiger partial charge in [0.05, 0.1) is 5.75 Å². The number of carbonyl (C=O) groups excluding carboxylic acids is 1. The van der Waals surface area contributed by atoms with Crippen LogP contribution in [0.3, 0.4) is 0 Å². The lowest BCUT2D eigenvalue weighted by Gasteiger charge is -2.12. The number of aromatic nitrogens is 3. The van der Waals surface area contributed by atoms with E-state index >= 15 is 0 Å². The van der Waals surface area contributed by atoms with Crippen LogP contribution in [0.4, 0.5) is 0 Å². The molecule has 6 nitrogen and oxygen atoms in total. The summed E-state index contributed by atoms with van der Waals surface area (Å²) >= 11 is 1.34. The van der Waals surface area contributed by atoms with Gasteiger partial charge in [-0.2, -0.15) is 0 Å². The highest BCUT2D eigenvalue weighted by Crippen LogP contribution is 2.26. The zero-order chi connectivity index (χ0) is 18.6. The molecule has 4 rings (SSSR count). The van der Waals surface area contributed by atoms with E-state index in [1.54, 1.807) is 0 Å². The van der Waals surface area contributed by atoms with Crippen LogP contribution in [-0.4, -0.2) is 33.3 Å². The Balaban J connectivity index is 1.44. The molecule has 0 spiro atoms. The highest BCUT2D eigenvalue weighted by molar-refractivity contribution is 7.99. The Bertz CT molecular complexity index is 932. The van der Waals surface area contributed by atoms with Gasteiger partial charge in [-0.1, -0.05) is 54.2 Å². The van der Waals surface area contributed by atoms with E-state index in [9.17, 15) is 4.79 Å². The van der Waals surface area contributed by atoms with Crippen LogP contribution in [-0.2, 0) is 0 Å². The van der Waals surface area contributed by atoms with Crippen molar-refractivity contribution < 1.29 is 4.79 Å². The van der Waals surface area contributed by atoms with Crippen molar-refractivity contribution in [2.24, 2.45) is 0 Å². The van der Waals surface area contributed by atoms with Crippen LogP contribution in [0.5, 0.6) is 0 Å². The fourth-order valence-electron chi connectivity index (χ4n) is 3.12. The molecule has 1 unspecified atom stereocenters. The summed E-state index contributed by atoms with van der Waals surface area (Å²) in [6.45, 7) is 2.82. The number of benzene rings is 2. The van der Waals surface area contributed by atoms with E-state index in [-0.39, 0.29) is 5.78 Å². The van der Waals surface area contributed by atoms with Gasteiger partial charge < -0.3 is 0 Å². The quantitative estimate of drug-likeness (QED) is 0.450. The van der Waals surface area contributed by atoms with Crippen molar-refractivity contribution in [1.82, 2.24) is 26.0 Å². The average Bonchev–Trinajstić information content (AvgIpc) is 3.38. The Morgan fingerprint density at radius 1 is 1.19 bits per heavy atom. The van der Waals surface area contributed by atoms with Crippen LogP contribution in [0.15, 0.2) is 53.7 Å². The number of aromatic amines is 1. The number of carbonyl (C=O) groups is 1. The molecule has 1 aliphatic rings. The van der Waals surface area contributed by atoms with E-state index in [0.717, 1.165) is 29.9 Å². The Kier molecular flexibility index (Phi) is 5.33. The molecule has 0 radical (unpaired) electrons. The highest BCUT2D eigenvalue weighted by atomic mass is 32.2. The Morgan fingerprint density at radius 2 is 2.04 bits per heavy atom. The number of hydrazine groups is 1. The summed E-state index contributed by atoms with van der Waals surface area (Å²) in [4.78, 5) is 16.6. The predicted octanol–water partition coefficient (Wildman–Crippen LogP) is 3.29. The third-order valence-corrected chi connectivity index (χ3v) is 5.42. The molecule has 138 valence electrons. The maximum absolute atomic E-state index is 12.4. The second-order valence-corrected chi connectivity index (χ2v) is 7.47. The van der Waals surface area contributed by atoms with Gasteiger partial charge in [-0.25, -0.2) is 4.98 Å². The van der Waals surface area contributed by atoms with Crippen molar-refractivity contribution in [3.8, 4) is 11.1 Å². The summed E-state index contributed by atoms with van der Waals surface area (Å²) in [6.07, 6.45) is 1.08. The van der Waals surface area contributed by atoms with E-state index in [2.05, 4.69) is 50.3 Å². The van der Waals surface area contributed by atoms with Crippen molar-refractivity contribution >= 4 is 17.5 Å². The van der Waals surface area contributed by atoms with Crippen LogP contribution in [0, 0.1) is 6.92 Å². The lowest BCUT2D eigenvalue weighted by Crippen LogP contribution is -2.24. The van der Waals surface area contributed by atoms with Crippen LogP contribution in [0.25, 0.3) is 11.1 Å². The minimum absolute atomic E-state index is 0.0731. The number of H-pyrrole nitrogens is 1. The number of aryl methyl sites for hydroxylation is 1. The molecular weight excluding hydrogens is 358 g/mol. The van der Waals surface area contributed by atoms with Gasteiger partial charge in [-0.15, -0.1) is 5.10 Å². The second kappa shape index (κ2) is 8.04. The van der Waals surface area contributed by atoms with Gasteiger partial charge in [-0.3, -0.25) is 20.7 Å². The van der Waals surface area contributed by atoms with E-state index < -0.39 is 0 Å². The largest absolute Gasteiger partial charge is 0.293 e. The minimum atomic E-state index is 0.0731. The average molecular weight is 379 g/mol. The SMILES string of the molecule is Cc1nc(SCC(=O)c2ccc(-c3cccc(C4CCNN4)c3)cc2)n[nH]1. The summed E-state index contributed by atoms with van der Waals surface area (Å²) in [7, 11) is 0. The Labute approximate surface area is 162 Å². The van der Waals surface area contributed by atoms with E-state index in [4.69, 9.17) is 0 Å². The molecule has 0 saturated carbocycles.